The molecule has 4 heteroatoms. The highest BCUT2D eigenvalue weighted by molar-refractivity contribution is 5.81. The van der Waals surface area contributed by atoms with Crippen LogP contribution in [0.15, 0.2) is 0 Å². The van der Waals surface area contributed by atoms with Crippen LogP contribution in [0, 0.1) is 0 Å². The third-order valence-corrected chi connectivity index (χ3v) is 2.57. The van der Waals surface area contributed by atoms with Crippen LogP contribution in [0.3, 0.4) is 0 Å². The zero-order valence-corrected chi connectivity index (χ0v) is 8.78. The van der Waals surface area contributed by atoms with Gasteiger partial charge in [0.1, 0.15) is 0 Å². The molecule has 1 aliphatic heterocycles. The molecular weight excluding hydrogens is 168 g/mol. The van der Waals surface area contributed by atoms with Gasteiger partial charge >= 0.3 is 0 Å². The number of carbonyl (C=O) groups excluding carboxylic acids is 1. The number of hydrogen-bond donors (Lipinski definition) is 0. The van der Waals surface area contributed by atoms with Crippen molar-refractivity contribution < 1.29 is 9.53 Å². The zero-order valence-electron chi connectivity index (χ0n) is 8.78. The van der Waals surface area contributed by atoms with Gasteiger partial charge in [-0.05, 0) is 13.5 Å². The molecule has 0 N–H and O–H groups in total. The molecule has 1 heterocycles. The molecule has 0 aromatic rings. The summed E-state index contributed by atoms with van der Waals surface area (Å²) in [4.78, 5) is 15.3. The SMILES string of the molecule is CO[C@H]1C[C@H](C(=O)N(C)C)N(C)C1. The Morgan fingerprint density at radius 3 is 2.54 bits per heavy atom. The number of carbonyl (C=O) groups is 1. The first-order valence-corrected chi connectivity index (χ1v) is 4.50. The van der Waals surface area contributed by atoms with Crippen molar-refractivity contribution in [1.29, 1.82) is 0 Å². The second-order valence-electron chi connectivity index (χ2n) is 3.78. The number of likely N-dealkylation sites (N-methyl/N-ethyl adjacent to an activating group) is 2. The largest absolute Gasteiger partial charge is 0.380 e. The topological polar surface area (TPSA) is 32.8 Å². The molecular formula is C9H18N2O2. The van der Waals surface area contributed by atoms with Crippen molar-refractivity contribution >= 4 is 5.91 Å². The number of ether oxygens (including phenoxy) is 1. The molecule has 0 aliphatic carbocycles. The summed E-state index contributed by atoms with van der Waals surface area (Å²) in [6.07, 6.45) is 1.02. The molecule has 1 rings (SSSR count). The summed E-state index contributed by atoms with van der Waals surface area (Å²) >= 11 is 0. The smallest absolute Gasteiger partial charge is 0.239 e. The molecule has 0 saturated carbocycles. The monoisotopic (exact) mass is 186 g/mol. The Kier molecular flexibility index (Phi) is 3.27. The van der Waals surface area contributed by atoms with Crippen LogP contribution >= 0.6 is 0 Å². The Morgan fingerprint density at radius 1 is 1.54 bits per heavy atom. The molecule has 0 unspecified atom stereocenters. The molecule has 0 aromatic heterocycles. The Hall–Kier alpha value is -0.610. The third-order valence-electron chi connectivity index (χ3n) is 2.57. The van der Waals surface area contributed by atoms with E-state index in [0.717, 1.165) is 13.0 Å². The Morgan fingerprint density at radius 2 is 2.15 bits per heavy atom. The molecule has 13 heavy (non-hydrogen) atoms. The van der Waals surface area contributed by atoms with Crippen molar-refractivity contribution in [2.45, 2.75) is 18.6 Å². The van der Waals surface area contributed by atoms with Crippen molar-refractivity contribution in [3.8, 4) is 0 Å². The summed E-state index contributed by atoms with van der Waals surface area (Å²) in [5, 5.41) is 0. The molecule has 1 fully saturated rings. The van der Waals surface area contributed by atoms with Gasteiger partial charge in [-0.15, -0.1) is 0 Å². The summed E-state index contributed by atoms with van der Waals surface area (Å²) in [7, 11) is 7.23. The van der Waals surface area contributed by atoms with Gasteiger partial charge in [-0.25, -0.2) is 0 Å². The Bertz CT molecular complexity index is 194. The van der Waals surface area contributed by atoms with Crippen LogP contribution in [-0.4, -0.2) is 62.7 Å². The molecule has 1 amide bonds. The third kappa shape index (κ3) is 2.19. The molecule has 2 atom stereocenters. The molecule has 1 saturated heterocycles. The minimum absolute atomic E-state index is 0.0000463. The highest BCUT2D eigenvalue weighted by atomic mass is 16.5. The van der Waals surface area contributed by atoms with E-state index in [-0.39, 0.29) is 18.1 Å². The molecule has 0 aromatic carbocycles. The Balaban J connectivity index is 2.57. The number of amides is 1. The molecule has 76 valence electrons. The van der Waals surface area contributed by atoms with Gasteiger partial charge in [-0.2, -0.15) is 0 Å². The predicted octanol–water partition coefficient (Wildman–Crippen LogP) is -0.206. The van der Waals surface area contributed by atoms with E-state index < -0.39 is 0 Å². The lowest BCUT2D eigenvalue weighted by atomic mass is 10.2. The highest BCUT2D eigenvalue weighted by Crippen LogP contribution is 2.18. The minimum atomic E-state index is -0.0000463. The van der Waals surface area contributed by atoms with Crippen LogP contribution in [0.1, 0.15) is 6.42 Å². The maximum atomic E-state index is 11.6. The molecule has 0 spiro atoms. The van der Waals surface area contributed by atoms with Gasteiger partial charge in [0.2, 0.25) is 5.91 Å². The summed E-state index contributed by atoms with van der Waals surface area (Å²) in [5.41, 5.74) is 0. The van der Waals surface area contributed by atoms with E-state index in [1.807, 2.05) is 7.05 Å². The fourth-order valence-electron chi connectivity index (χ4n) is 1.71. The Labute approximate surface area is 79.4 Å². The first-order valence-electron chi connectivity index (χ1n) is 4.50. The molecule has 0 radical (unpaired) electrons. The first kappa shape index (κ1) is 10.5. The summed E-state index contributed by atoms with van der Waals surface area (Å²) in [5.74, 6) is 0.169. The standard InChI is InChI=1S/C9H18N2O2/c1-10(2)9(12)8-5-7(13-4)6-11(8)3/h7-8H,5-6H2,1-4H3/t7-,8+/m0/s1. The van der Waals surface area contributed by atoms with Crippen molar-refractivity contribution in [2.75, 3.05) is 34.8 Å². The van der Waals surface area contributed by atoms with Gasteiger partial charge < -0.3 is 9.64 Å². The number of likely N-dealkylation sites (tertiary alicyclic amines) is 1. The van der Waals surface area contributed by atoms with E-state index in [1.54, 1.807) is 26.1 Å². The van der Waals surface area contributed by atoms with Gasteiger partial charge in [0, 0.05) is 27.7 Å². The minimum Gasteiger partial charge on any atom is -0.380 e. The van der Waals surface area contributed by atoms with E-state index in [0.29, 0.717) is 0 Å². The van der Waals surface area contributed by atoms with Crippen LogP contribution in [0.4, 0.5) is 0 Å². The lowest BCUT2D eigenvalue weighted by Gasteiger charge is -2.21. The van der Waals surface area contributed by atoms with Crippen LogP contribution in [0.25, 0.3) is 0 Å². The predicted molar refractivity (Wildman–Crippen MR) is 50.5 cm³/mol. The summed E-state index contributed by atoms with van der Waals surface area (Å²) < 4.78 is 5.23. The second-order valence-corrected chi connectivity index (χ2v) is 3.78. The van der Waals surface area contributed by atoms with Crippen LogP contribution in [-0.2, 0) is 9.53 Å². The molecule has 4 nitrogen and oxygen atoms in total. The number of rotatable bonds is 2. The number of methoxy groups -OCH3 is 1. The van der Waals surface area contributed by atoms with Gasteiger partial charge in [0.15, 0.2) is 0 Å². The first-order chi connectivity index (χ1) is 6.06. The van der Waals surface area contributed by atoms with Crippen molar-refractivity contribution in [2.24, 2.45) is 0 Å². The molecule has 0 bridgehead atoms. The summed E-state index contributed by atoms with van der Waals surface area (Å²) in [6.45, 7) is 0.848. The highest BCUT2D eigenvalue weighted by Gasteiger charge is 2.35. The van der Waals surface area contributed by atoms with E-state index in [2.05, 4.69) is 4.90 Å². The number of hydrogen-bond acceptors (Lipinski definition) is 3. The van der Waals surface area contributed by atoms with Gasteiger partial charge in [0.05, 0.1) is 12.1 Å². The fraction of sp³-hybridized carbons (Fsp3) is 0.889. The van der Waals surface area contributed by atoms with Gasteiger partial charge in [0.25, 0.3) is 0 Å². The van der Waals surface area contributed by atoms with Crippen molar-refractivity contribution in [1.82, 2.24) is 9.80 Å². The van der Waals surface area contributed by atoms with Crippen molar-refractivity contribution in [3.05, 3.63) is 0 Å². The van der Waals surface area contributed by atoms with Crippen LogP contribution in [0.2, 0.25) is 0 Å². The van der Waals surface area contributed by atoms with Crippen LogP contribution < -0.4 is 0 Å². The number of nitrogens with zero attached hydrogens (tertiary/aromatic N) is 2. The lowest BCUT2D eigenvalue weighted by Crippen LogP contribution is -2.40. The average Bonchev–Trinajstić information content (AvgIpc) is 2.45. The maximum absolute atomic E-state index is 11.6. The van der Waals surface area contributed by atoms with Crippen molar-refractivity contribution in [3.63, 3.8) is 0 Å². The van der Waals surface area contributed by atoms with E-state index in [1.165, 1.54) is 0 Å². The molecule has 1 aliphatic rings. The fourth-order valence-corrected chi connectivity index (χ4v) is 1.71. The second kappa shape index (κ2) is 4.07. The van der Waals surface area contributed by atoms with E-state index in [9.17, 15) is 4.79 Å². The maximum Gasteiger partial charge on any atom is 0.239 e. The lowest BCUT2D eigenvalue weighted by molar-refractivity contribution is -0.133. The van der Waals surface area contributed by atoms with Crippen LogP contribution in [0.5, 0.6) is 0 Å². The summed E-state index contributed by atoms with van der Waals surface area (Å²) in [6, 6.07) is -0.0000463. The average molecular weight is 186 g/mol. The van der Waals surface area contributed by atoms with Gasteiger partial charge in [-0.3, -0.25) is 9.69 Å². The van der Waals surface area contributed by atoms with Gasteiger partial charge in [-0.1, -0.05) is 0 Å². The normalized spacial score (nSPS) is 29.2. The van der Waals surface area contributed by atoms with E-state index >= 15 is 0 Å². The quantitative estimate of drug-likeness (QED) is 0.598. The zero-order chi connectivity index (χ0) is 10.0. The van der Waals surface area contributed by atoms with E-state index in [4.69, 9.17) is 4.74 Å².